The fraction of sp³-hybridized carbons (Fsp3) is 0.375. The normalized spacial score (nSPS) is 15.4. The molecule has 0 aliphatic carbocycles. The average molecular weight is 207 g/mol. The van der Waals surface area contributed by atoms with E-state index in [1.807, 2.05) is 10.9 Å². The molecular weight excluding hydrogens is 198 g/mol. The second-order valence-electron chi connectivity index (χ2n) is 3.14. The van der Waals surface area contributed by atoms with Gasteiger partial charge >= 0.3 is 0 Å². The van der Waals surface area contributed by atoms with Crippen molar-refractivity contribution in [2.45, 2.75) is 13.1 Å². The lowest BCUT2D eigenvalue weighted by atomic mass is 10.4. The molecule has 0 saturated carbocycles. The smallest absolute Gasteiger partial charge is 0.183 e. The summed E-state index contributed by atoms with van der Waals surface area (Å²) in [5.74, 6) is 1.89. The molecule has 14 heavy (non-hydrogen) atoms. The molecule has 0 saturated heterocycles. The molecule has 2 aromatic heterocycles. The van der Waals surface area contributed by atoms with Crippen molar-refractivity contribution in [2.75, 3.05) is 6.54 Å². The molecule has 5 nitrogen and oxygen atoms in total. The lowest BCUT2D eigenvalue weighted by molar-refractivity contribution is 0.508. The van der Waals surface area contributed by atoms with Gasteiger partial charge in [-0.3, -0.25) is 0 Å². The first-order valence-electron chi connectivity index (χ1n) is 4.46. The Morgan fingerprint density at radius 3 is 3.29 bits per heavy atom. The second-order valence-corrected chi connectivity index (χ2v) is 3.86. The molecule has 0 bridgehead atoms. The third-order valence-electron chi connectivity index (χ3n) is 2.28. The maximum absolute atomic E-state index is 4.24. The molecule has 1 aliphatic rings. The SMILES string of the molecule is c1nc(-c2nnc3n2CCNC3)cs1. The highest BCUT2D eigenvalue weighted by molar-refractivity contribution is 7.07. The Bertz CT molecular complexity index is 433. The number of nitrogens with one attached hydrogen (secondary N) is 1. The van der Waals surface area contributed by atoms with E-state index in [9.17, 15) is 0 Å². The molecular formula is C8H9N5S. The summed E-state index contributed by atoms with van der Waals surface area (Å²) in [7, 11) is 0. The van der Waals surface area contributed by atoms with E-state index in [0.717, 1.165) is 37.0 Å². The largest absolute Gasteiger partial charge is 0.308 e. The van der Waals surface area contributed by atoms with E-state index in [-0.39, 0.29) is 0 Å². The zero-order valence-corrected chi connectivity index (χ0v) is 8.29. The van der Waals surface area contributed by atoms with Gasteiger partial charge in [0.15, 0.2) is 5.82 Å². The zero-order chi connectivity index (χ0) is 9.38. The van der Waals surface area contributed by atoms with Gasteiger partial charge in [0.25, 0.3) is 0 Å². The Hall–Kier alpha value is -1.27. The van der Waals surface area contributed by atoms with Crippen LogP contribution in [0.1, 0.15) is 5.82 Å². The molecule has 0 aromatic carbocycles. The minimum atomic E-state index is 0.803. The average Bonchev–Trinajstić information content (AvgIpc) is 2.85. The van der Waals surface area contributed by atoms with Gasteiger partial charge in [-0.15, -0.1) is 21.5 Å². The molecule has 3 heterocycles. The maximum Gasteiger partial charge on any atom is 0.183 e. The number of rotatable bonds is 1. The minimum Gasteiger partial charge on any atom is -0.308 e. The van der Waals surface area contributed by atoms with E-state index in [0.29, 0.717) is 0 Å². The van der Waals surface area contributed by atoms with Crippen molar-refractivity contribution >= 4 is 11.3 Å². The van der Waals surface area contributed by atoms with Gasteiger partial charge in [0.1, 0.15) is 11.5 Å². The Morgan fingerprint density at radius 1 is 1.43 bits per heavy atom. The predicted octanol–water partition coefficient (Wildman–Crippen LogP) is 0.505. The number of thiazole rings is 1. The lowest BCUT2D eigenvalue weighted by Gasteiger charge is -2.15. The van der Waals surface area contributed by atoms with Crippen LogP contribution in [0.15, 0.2) is 10.9 Å². The predicted molar refractivity (Wildman–Crippen MR) is 52.8 cm³/mol. The van der Waals surface area contributed by atoms with Gasteiger partial charge < -0.3 is 9.88 Å². The molecule has 3 rings (SSSR count). The first-order chi connectivity index (χ1) is 6.95. The highest BCUT2D eigenvalue weighted by Crippen LogP contribution is 2.18. The van der Waals surface area contributed by atoms with Crippen molar-refractivity contribution in [3.05, 3.63) is 16.7 Å². The molecule has 72 valence electrons. The van der Waals surface area contributed by atoms with Gasteiger partial charge in [-0.05, 0) is 0 Å². The highest BCUT2D eigenvalue weighted by Gasteiger charge is 2.17. The minimum absolute atomic E-state index is 0.803. The molecule has 0 amide bonds. The van der Waals surface area contributed by atoms with Gasteiger partial charge in [0.05, 0.1) is 12.1 Å². The van der Waals surface area contributed by atoms with Crippen molar-refractivity contribution in [2.24, 2.45) is 0 Å². The number of fused-ring (bicyclic) bond motifs is 1. The lowest BCUT2D eigenvalue weighted by Crippen LogP contribution is -2.28. The van der Waals surface area contributed by atoms with E-state index in [1.165, 1.54) is 0 Å². The summed E-state index contributed by atoms with van der Waals surface area (Å²) in [6.45, 7) is 2.70. The molecule has 0 spiro atoms. The van der Waals surface area contributed by atoms with Gasteiger partial charge in [-0.1, -0.05) is 0 Å². The van der Waals surface area contributed by atoms with Gasteiger partial charge in [-0.25, -0.2) is 4.98 Å². The molecule has 6 heteroatoms. The maximum atomic E-state index is 4.24. The van der Waals surface area contributed by atoms with E-state index < -0.39 is 0 Å². The summed E-state index contributed by atoms with van der Waals surface area (Å²) >= 11 is 1.58. The molecule has 0 radical (unpaired) electrons. The Balaban J connectivity index is 2.11. The van der Waals surface area contributed by atoms with Gasteiger partial charge in [0, 0.05) is 18.5 Å². The summed E-state index contributed by atoms with van der Waals surface area (Å²) in [5, 5.41) is 13.5. The molecule has 0 unspecified atom stereocenters. The van der Waals surface area contributed by atoms with Crippen LogP contribution in [0.25, 0.3) is 11.5 Å². The first-order valence-corrected chi connectivity index (χ1v) is 5.41. The molecule has 2 aromatic rings. The van der Waals surface area contributed by atoms with E-state index in [1.54, 1.807) is 11.3 Å². The number of nitrogens with zero attached hydrogens (tertiary/aromatic N) is 4. The van der Waals surface area contributed by atoms with Crippen molar-refractivity contribution < 1.29 is 0 Å². The standard InChI is InChI=1S/C8H9N5S/c1-2-13-7(3-9-1)11-12-8(13)6-4-14-5-10-6/h4-5,9H,1-3H2. The number of hydrogen-bond donors (Lipinski definition) is 1. The van der Waals surface area contributed by atoms with Crippen LogP contribution in [-0.2, 0) is 13.1 Å². The summed E-state index contributed by atoms with van der Waals surface area (Å²) < 4.78 is 2.13. The van der Waals surface area contributed by atoms with Gasteiger partial charge in [0.2, 0.25) is 0 Å². The monoisotopic (exact) mass is 207 g/mol. The first kappa shape index (κ1) is 8.07. The van der Waals surface area contributed by atoms with Crippen molar-refractivity contribution in [1.29, 1.82) is 0 Å². The Morgan fingerprint density at radius 2 is 2.43 bits per heavy atom. The van der Waals surface area contributed by atoms with E-state index in [2.05, 4.69) is 25.1 Å². The van der Waals surface area contributed by atoms with Crippen LogP contribution in [0.4, 0.5) is 0 Å². The summed E-state index contributed by atoms with van der Waals surface area (Å²) in [4.78, 5) is 4.24. The molecule has 1 aliphatic heterocycles. The molecule has 0 fully saturated rings. The van der Waals surface area contributed by atoms with Crippen molar-refractivity contribution in [3.63, 3.8) is 0 Å². The summed E-state index contributed by atoms with van der Waals surface area (Å²) in [5.41, 5.74) is 2.74. The second kappa shape index (κ2) is 3.14. The van der Waals surface area contributed by atoms with Crippen LogP contribution in [0, 0.1) is 0 Å². The summed E-state index contributed by atoms with van der Waals surface area (Å²) in [6.07, 6.45) is 0. The quantitative estimate of drug-likeness (QED) is 0.740. The van der Waals surface area contributed by atoms with Crippen LogP contribution >= 0.6 is 11.3 Å². The fourth-order valence-electron chi connectivity index (χ4n) is 1.60. The third kappa shape index (κ3) is 1.15. The fourth-order valence-corrected chi connectivity index (χ4v) is 2.13. The van der Waals surface area contributed by atoms with Crippen LogP contribution in [0.5, 0.6) is 0 Å². The molecule has 1 N–H and O–H groups in total. The van der Waals surface area contributed by atoms with Crippen molar-refractivity contribution in [1.82, 2.24) is 25.1 Å². The van der Waals surface area contributed by atoms with Crippen molar-refractivity contribution in [3.8, 4) is 11.5 Å². The van der Waals surface area contributed by atoms with Gasteiger partial charge in [-0.2, -0.15) is 0 Å². The topological polar surface area (TPSA) is 55.6 Å². The van der Waals surface area contributed by atoms with Crippen LogP contribution in [0.2, 0.25) is 0 Å². The third-order valence-corrected chi connectivity index (χ3v) is 2.87. The Labute approximate surface area is 84.8 Å². The number of aromatic nitrogens is 4. The summed E-state index contributed by atoms with van der Waals surface area (Å²) in [6, 6.07) is 0. The molecule has 0 atom stereocenters. The van der Waals surface area contributed by atoms with E-state index in [4.69, 9.17) is 0 Å². The van der Waals surface area contributed by atoms with Crippen LogP contribution in [-0.4, -0.2) is 26.3 Å². The number of hydrogen-bond acceptors (Lipinski definition) is 5. The van der Waals surface area contributed by atoms with E-state index >= 15 is 0 Å². The Kier molecular flexibility index (Phi) is 1.81. The zero-order valence-electron chi connectivity index (χ0n) is 7.47. The highest BCUT2D eigenvalue weighted by atomic mass is 32.1. The van der Waals surface area contributed by atoms with Crippen LogP contribution < -0.4 is 5.32 Å². The van der Waals surface area contributed by atoms with Crippen LogP contribution in [0.3, 0.4) is 0 Å².